The summed E-state index contributed by atoms with van der Waals surface area (Å²) in [5.74, 6) is 1.06. The van der Waals surface area contributed by atoms with Gasteiger partial charge in [0.05, 0.1) is 16.8 Å². The normalized spacial score (nSPS) is 17.0. The summed E-state index contributed by atoms with van der Waals surface area (Å²) in [4.78, 5) is 33.8. The molecule has 5 rings (SSSR count). The van der Waals surface area contributed by atoms with Gasteiger partial charge >= 0.3 is 6.03 Å². The molecule has 3 amide bonds. The molecule has 2 fully saturated rings. The Balaban J connectivity index is 1.57. The number of rotatable bonds is 5. The van der Waals surface area contributed by atoms with Crippen LogP contribution in [0.4, 0.5) is 22.2 Å². The van der Waals surface area contributed by atoms with Crippen LogP contribution in [-0.4, -0.2) is 49.5 Å². The number of halogens is 1. The maximum Gasteiger partial charge on any atom is 0.328 e. The Hall–Kier alpha value is -4.17. The van der Waals surface area contributed by atoms with Crippen LogP contribution in [0.15, 0.2) is 30.2 Å². The Morgan fingerprint density at radius 3 is 2.78 bits per heavy atom. The van der Waals surface area contributed by atoms with Gasteiger partial charge in [0.1, 0.15) is 29.2 Å². The summed E-state index contributed by atoms with van der Waals surface area (Å²) < 4.78 is 1.63. The molecule has 1 aliphatic heterocycles. The Bertz CT molecular complexity index is 1350. The smallest absolute Gasteiger partial charge is 0.328 e. The molecule has 0 aromatic carbocycles. The second kappa shape index (κ2) is 7.51. The third kappa shape index (κ3) is 3.57. The molecule has 32 heavy (non-hydrogen) atoms. The lowest BCUT2D eigenvalue weighted by atomic mass is 10.2. The lowest BCUT2D eigenvalue weighted by Crippen LogP contribution is -2.25. The van der Waals surface area contributed by atoms with Gasteiger partial charge in [-0.1, -0.05) is 11.6 Å². The van der Waals surface area contributed by atoms with Gasteiger partial charge in [-0.2, -0.15) is 14.9 Å². The second-order valence-corrected chi connectivity index (χ2v) is 7.83. The minimum Gasteiger partial charge on any atom is -0.367 e. The quantitative estimate of drug-likeness (QED) is 0.398. The van der Waals surface area contributed by atoms with Crippen LogP contribution in [-0.2, 0) is 4.79 Å². The molecule has 4 heterocycles. The number of nitrogens with zero attached hydrogens (tertiary/aromatic N) is 6. The van der Waals surface area contributed by atoms with Gasteiger partial charge in [-0.15, -0.1) is 0 Å². The minimum atomic E-state index is -0.495. The fraction of sp³-hybridized carbons (Fsp3) is 0.200. The SMILES string of the molecule is CN1C(=O)NC(=Cc2cnn3c(NC4CC4)cc(Nc4ncc(C#N)cc4Cl)nc23)C1=O. The molecule has 1 aliphatic carbocycles. The van der Waals surface area contributed by atoms with E-state index in [2.05, 4.69) is 31.0 Å². The first-order valence-corrected chi connectivity index (χ1v) is 10.1. The van der Waals surface area contributed by atoms with Gasteiger partial charge in [-0.05, 0) is 25.0 Å². The maximum atomic E-state index is 12.3. The molecule has 0 bridgehead atoms. The first-order valence-electron chi connectivity index (χ1n) is 9.71. The van der Waals surface area contributed by atoms with Crippen LogP contribution >= 0.6 is 11.6 Å². The van der Waals surface area contributed by atoms with E-state index in [1.807, 2.05) is 6.07 Å². The molecule has 2 aliphatic rings. The molecule has 0 spiro atoms. The van der Waals surface area contributed by atoms with Crippen molar-refractivity contribution in [1.29, 1.82) is 5.26 Å². The number of nitrogens with one attached hydrogen (secondary N) is 3. The molecule has 3 aromatic heterocycles. The number of hydrogen-bond donors (Lipinski definition) is 3. The van der Waals surface area contributed by atoms with Crippen molar-refractivity contribution >= 4 is 52.7 Å². The Morgan fingerprint density at radius 2 is 2.12 bits per heavy atom. The largest absolute Gasteiger partial charge is 0.367 e. The van der Waals surface area contributed by atoms with E-state index in [9.17, 15) is 9.59 Å². The summed E-state index contributed by atoms with van der Waals surface area (Å²) in [5.41, 5.74) is 1.50. The van der Waals surface area contributed by atoms with Crippen LogP contribution in [0, 0.1) is 11.3 Å². The molecule has 3 N–H and O–H groups in total. The van der Waals surface area contributed by atoms with Gasteiger partial charge in [0, 0.05) is 30.9 Å². The minimum absolute atomic E-state index is 0.140. The van der Waals surface area contributed by atoms with Crippen molar-refractivity contribution in [2.45, 2.75) is 18.9 Å². The predicted octanol–water partition coefficient (Wildman–Crippen LogP) is 2.49. The number of nitriles is 1. The average molecular weight is 450 g/mol. The van der Waals surface area contributed by atoms with E-state index in [1.54, 1.807) is 16.8 Å². The van der Waals surface area contributed by atoms with Gasteiger partial charge in [0.25, 0.3) is 5.91 Å². The highest BCUT2D eigenvalue weighted by Crippen LogP contribution is 2.29. The summed E-state index contributed by atoms with van der Waals surface area (Å²) in [5, 5.41) is 22.7. The fourth-order valence-electron chi connectivity index (χ4n) is 3.18. The van der Waals surface area contributed by atoms with Gasteiger partial charge in [0.2, 0.25) is 0 Å². The molecule has 1 saturated heterocycles. The van der Waals surface area contributed by atoms with Gasteiger partial charge in [0.15, 0.2) is 5.65 Å². The third-order valence-electron chi connectivity index (χ3n) is 5.03. The summed E-state index contributed by atoms with van der Waals surface area (Å²) in [6.45, 7) is 0. The predicted molar refractivity (Wildman–Crippen MR) is 116 cm³/mol. The monoisotopic (exact) mass is 449 g/mol. The number of fused-ring (bicyclic) bond motifs is 1. The highest BCUT2D eigenvalue weighted by molar-refractivity contribution is 6.33. The van der Waals surface area contributed by atoms with E-state index in [-0.39, 0.29) is 10.7 Å². The Kier molecular flexibility index (Phi) is 4.64. The van der Waals surface area contributed by atoms with Crippen molar-refractivity contribution in [2.75, 3.05) is 17.7 Å². The maximum absolute atomic E-state index is 12.3. The highest BCUT2D eigenvalue weighted by Gasteiger charge is 2.30. The molecule has 11 nitrogen and oxygen atoms in total. The number of urea groups is 1. The number of imide groups is 1. The Morgan fingerprint density at radius 1 is 1.31 bits per heavy atom. The van der Waals surface area contributed by atoms with Crippen LogP contribution in [0.25, 0.3) is 11.7 Å². The van der Waals surface area contributed by atoms with Crippen molar-refractivity contribution in [3.05, 3.63) is 46.4 Å². The molecule has 0 radical (unpaired) electrons. The zero-order chi connectivity index (χ0) is 22.4. The highest BCUT2D eigenvalue weighted by atomic mass is 35.5. The van der Waals surface area contributed by atoms with Crippen molar-refractivity contribution in [3.63, 3.8) is 0 Å². The molecule has 3 aromatic rings. The molecular formula is C20H16ClN9O2. The number of aromatic nitrogens is 4. The summed E-state index contributed by atoms with van der Waals surface area (Å²) >= 11 is 6.25. The van der Waals surface area contributed by atoms with Crippen molar-refractivity contribution in [2.24, 2.45) is 0 Å². The van der Waals surface area contributed by atoms with E-state index >= 15 is 0 Å². The number of hydrogen-bond acceptors (Lipinski definition) is 8. The van der Waals surface area contributed by atoms with Crippen molar-refractivity contribution in [1.82, 2.24) is 29.8 Å². The molecule has 0 unspecified atom stereocenters. The third-order valence-corrected chi connectivity index (χ3v) is 5.31. The van der Waals surface area contributed by atoms with Crippen LogP contribution in [0.5, 0.6) is 0 Å². The fourth-order valence-corrected chi connectivity index (χ4v) is 3.39. The van der Waals surface area contributed by atoms with Crippen molar-refractivity contribution < 1.29 is 9.59 Å². The number of anilines is 3. The van der Waals surface area contributed by atoms with Gasteiger partial charge in [-0.25, -0.2) is 14.8 Å². The van der Waals surface area contributed by atoms with E-state index < -0.39 is 11.9 Å². The number of carbonyl (C=O) groups excluding carboxylic acids is 2. The lowest BCUT2D eigenvalue weighted by Gasteiger charge is -2.12. The number of likely N-dealkylation sites (N-methyl/N-ethyl adjacent to an activating group) is 1. The van der Waals surface area contributed by atoms with E-state index in [4.69, 9.17) is 16.9 Å². The first-order chi connectivity index (χ1) is 15.4. The first kappa shape index (κ1) is 19.8. The molecule has 1 saturated carbocycles. The molecule has 12 heteroatoms. The van der Waals surface area contributed by atoms with Gasteiger partial charge < -0.3 is 16.0 Å². The number of amides is 3. The lowest BCUT2D eigenvalue weighted by molar-refractivity contribution is -0.121. The van der Waals surface area contributed by atoms with Crippen molar-refractivity contribution in [3.8, 4) is 6.07 Å². The van der Waals surface area contributed by atoms with E-state index in [0.717, 1.165) is 17.7 Å². The van der Waals surface area contributed by atoms with E-state index in [1.165, 1.54) is 25.4 Å². The number of pyridine rings is 1. The standard InChI is InChI=1S/C20H16ClN9O2/c1-29-19(31)14(26-20(29)32)5-11-9-24-30-16(25-12-2-3-12)6-15(28-18(11)30)27-17-13(21)4-10(7-22)8-23-17/h4-6,8-9,12,25H,2-3H2,1H3,(H,26,32)(H,23,27,28). The van der Waals surface area contributed by atoms with Gasteiger partial charge in [-0.3, -0.25) is 9.69 Å². The average Bonchev–Trinajstić information content (AvgIpc) is 3.46. The van der Waals surface area contributed by atoms with Crippen LogP contribution in [0.1, 0.15) is 24.0 Å². The summed E-state index contributed by atoms with van der Waals surface area (Å²) in [7, 11) is 1.40. The van der Waals surface area contributed by atoms with Crippen LogP contribution in [0.2, 0.25) is 5.02 Å². The Labute approximate surface area is 186 Å². The zero-order valence-corrected chi connectivity index (χ0v) is 17.5. The van der Waals surface area contributed by atoms with Crippen LogP contribution < -0.4 is 16.0 Å². The summed E-state index contributed by atoms with van der Waals surface area (Å²) in [6.07, 6.45) is 6.63. The van der Waals surface area contributed by atoms with Crippen LogP contribution in [0.3, 0.4) is 0 Å². The number of carbonyl (C=O) groups is 2. The molecule has 0 atom stereocenters. The summed E-state index contributed by atoms with van der Waals surface area (Å²) in [6, 6.07) is 5.13. The molecule has 160 valence electrons. The second-order valence-electron chi connectivity index (χ2n) is 7.42. The molecular weight excluding hydrogens is 434 g/mol. The topological polar surface area (TPSA) is 140 Å². The van der Waals surface area contributed by atoms with E-state index in [0.29, 0.717) is 40.3 Å². The zero-order valence-electron chi connectivity index (χ0n) is 16.8.